The number of amides is 2. The predicted molar refractivity (Wildman–Crippen MR) is 147 cm³/mol. The molecule has 17 heteroatoms. The summed E-state index contributed by atoms with van der Waals surface area (Å²) in [6.45, 7) is 5.40. The maximum absolute atomic E-state index is 13.3. The van der Waals surface area contributed by atoms with Crippen molar-refractivity contribution in [3.05, 3.63) is 21.7 Å². The molecule has 2 fully saturated rings. The Morgan fingerprint density at radius 3 is 2.62 bits per heavy atom. The van der Waals surface area contributed by atoms with Gasteiger partial charge in [0, 0.05) is 16.0 Å². The second-order valence-corrected chi connectivity index (χ2v) is 13.0. The highest BCUT2D eigenvalue weighted by molar-refractivity contribution is 8.06. The number of hydrogen-bond acceptors (Lipinski definition) is 15. The van der Waals surface area contributed by atoms with Crippen molar-refractivity contribution in [1.29, 1.82) is 0 Å². The summed E-state index contributed by atoms with van der Waals surface area (Å²) >= 11 is 3.85. The van der Waals surface area contributed by atoms with Gasteiger partial charge in [-0.1, -0.05) is 5.16 Å². The quantitative estimate of drug-likeness (QED) is 0.131. The fraction of sp³-hybridized carbons (Fsp3) is 0.565. The molecule has 0 bridgehead atoms. The van der Waals surface area contributed by atoms with Gasteiger partial charge in [-0.05, 0) is 20.8 Å². The summed E-state index contributed by atoms with van der Waals surface area (Å²) in [6.07, 6.45) is 0. The number of nitrogens with zero attached hydrogens (tertiary/aromatic N) is 3. The number of oxime groups is 1. The average molecular weight is 616 g/mol. The van der Waals surface area contributed by atoms with Crippen LogP contribution in [-0.2, 0) is 43.0 Å². The molecule has 0 radical (unpaired) electrons. The summed E-state index contributed by atoms with van der Waals surface area (Å²) < 4.78 is 21.0. The molecule has 218 valence electrons. The average Bonchev–Trinajstić information content (AvgIpc) is 3.35. The lowest BCUT2D eigenvalue weighted by molar-refractivity contribution is -0.173. The maximum Gasteiger partial charge on any atom is 0.358 e. The van der Waals surface area contributed by atoms with Crippen molar-refractivity contribution in [3.63, 3.8) is 0 Å². The molecular weight excluding hydrogens is 586 g/mol. The number of fused-ring (bicyclic) bond motifs is 1. The van der Waals surface area contributed by atoms with E-state index in [1.807, 2.05) is 0 Å². The molecule has 1 aromatic heterocycles. The Labute approximate surface area is 242 Å². The number of thiazole rings is 1. The monoisotopic (exact) mass is 615 g/mol. The summed E-state index contributed by atoms with van der Waals surface area (Å²) in [5, 5.41) is 7.49. The largest absolute Gasteiger partial charge is 0.427 e. The highest BCUT2D eigenvalue weighted by atomic mass is 32.2. The first-order valence-electron chi connectivity index (χ1n) is 12.0. The van der Waals surface area contributed by atoms with Crippen LogP contribution in [0.15, 0.2) is 21.1 Å². The van der Waals surface area contributed by atoms with Crippen molar-refractivity contribution in [2.24, 2.45) is 10.6 Å². The number of aromatic nitrogens is 1. The van der Waals surface area contributed by atoms with E-state index >= 15 is 0 Å². The van der Waals surface area contributed by atoms with Crippen molar-refractivity contribution in [3.8, 4) is 0 Å². The van der Waals surface area contributed by atoms with Gasteiger partial charge in [-0.25, -0.2) is 9.78 Å². The second-order valence-electron chi connectivity index (χ2n) is 9.66. The summed E-state index contributed by atoms with van der Waals surface area (Å²) in [7, 11) is 1.28. The lowest BCUT2D eigenvalue weighted by atomic mass is 9.98. The van der Waals surface area contributed by atoms with Gasteiger partial charge in [-0.3, -0.25) is 19.3 Å². The van der Waals surface area contributed by atoms with Crippen molar-refractivity contribution in [1.82, 2.24) is 15.2 Å². The number of β-lactam (4-membered cyclic amide) rings is 1. The third-order valence-electron chi connectivity index (χ3n) is 5.65. The molecular formula is C23H29N5O9S3. The lowest BCUT2D eigenvalue weighted by Gasteiger charge is -2.49. The normalized spacial score (nSPS) is 21.9. The number of carbonyl (C=O) groups excluding carboxylic acids is 4. The Kier molecular flexibility index (Phi) is 9.60. The third-order valence-corrected chi connectivity index (χ3v) is 9.02. The number of esters is 2. The van der Waals surface area contributed by atoms with Gasteiger partial charge in [0.2, 0.25) is 6.79 Å². The number of thioether (sulfide) groups is 2. The minimum atomic E-state index is -0.954. The number of nitrogen functional groups attached to an aromatic ring is 1. The Bertz CT molecular complexity index is 1220. The van der Waals surface area contributed by atoms with E-state index in [9.17, 15) is 19.2 Å². The van der Waals surface area contributed by atoms with Crippen molar-refractivity contribution in [2.45, 2.75) is 37.4 Å². The van der Waals surface area contributed by atoms with Crippen LogP contribution in [-0.4, -0.2) is 95.7 Å². The predicted octanol–water partition coefficient (Wildman–Crippen LogP) is 0.883. The van der Waals surface area contributed by atoms with E-state index in [2.05, 4.69) is 15.5 Å². The number of hydrogen-bond donors (Lipinski definition) is 2. The molecule has 2 unspecified atom stereocenters. The van der Waals surface area contributed by atoms with Crippen LogP contribution in [0.3, 0.4) is 0 Å². The molecule has 0 spiro atoms. The van der Waals surface area contributed by atoms with Crippen molar-refractivity contribution in [2.75, 3.05) is 45.4 Å². The van der Waals surface area contributed by atoms with Crippen LogP contribution in [0.25, 0.3) is 0 Å². The van der Waals surface area contributed by atoms with Gasteiger partial charge >= 0.3 is 11.9 Å². The third kappa shape index (κ3) is 6.71. The summed E-state index contributed by atoms with van der Waals surface area (Å²) in [5.74, 6) is -2.23. The second kappa shape index (κ2) is 12.8. The number of anilines is 1. The van der Waals surface area contributed by atoms with E-state index in [4.69, 9.17) is 29.5 Å². The van der Waals surface area contributed by atoms with E-state index in [0.717, 1.165) is 11.3 Å². The van der Waals surface area contributed by atoms with E-state index in [-0.39, 0.29) is 34.3 Å². The number of carbonyl (C=O) groups is 4. The number of nitrogens with two attached hydrogens (primary N) is 1. The van der Waals surface area contributed by atoms with Crippen LogP contribution in [0.5, 0.6) is 0 Å². The van der Waals surface area contributed by atoms with Gasteiger partial charge in [0.05, 0.1) is 23.9 Å². The maximum atomic E-state index is 13.3. The first-order chi connectivity index (χ1) is 19.0. The zero-order valence-corrected chi connectivity index (χ0v) is 24.6. The number of rotatable bonds is 9. The van der Waals surface area contributed by atoms with Crippen LogP contribution < -0.4 is 11.1 Å². The van der Waals surface area contributed by atoms with Crippen molar-refractivity contribution >= 4 is 69.5 Å². The first kappa shape index (κ1) is 30.1. The lowest BCUT2D eigenvalue weighted by Crippen LogP contribution is -2.71. The smallest absolute Gasteiger partial charge is 0.358 e. The van der Waals surface area contributed by atoms with E-state index in [1.54, 1.807) is 26.2 Å². The molecule has 2 amide bonds. The molecule has 0 aliphatic carbocycles. The van der Waals surface area contributed by atoms with Crippen LogP contribution in [0.4, 0.5) is 5.13 Å². The molecule has 2 atom stereocenters. The van der Waals surface area contributed by atoms with Gasteiger partial charge in [-0.15, -0.1) is 34.9 Å². The minimum Gasteiger partial charge on any atom is -0.427 e. The van der Waals surface area contributed by atoms with E-state index in [0.29, 0.717) is 23.9 Å². The van der Waals surface area contributed by atoms with Gasteiger partial charge in [0.25, 0.3) is 11.8 Å². The van der Waals surface area contributed by atoms with E-state index < -0.39 is 47.4 Å². The van der Waals surface area contributed by atoms with Crippen LogP contribution in [0.2, 0.25) is 0 Å². The van der Waals surface area contributed by atoms with Gasteiger partial charge in [0.15, 0.2) is 10.8 Å². The van der Waals surface area contributed by atoms with E-state index in [1.165, 1.54) is 35.5 Å². The molecule has 1 aromatic rings. The summed E-state index contributed by atoms with van der Waals surface area (Å²) in [4.78, 5) is 62.4. The fourth-order valence-corrected chi connectivity index (χ4v) is 6.97. The molecule has 4 rings (SSSR count). The van der Waals surface area contributed by atoms with Gasteiger partial charge in [-0.2, -0.15) is 0 Å². The Morgan fingerprint density at radius 1 is 1.27 bits per heavy atom. The molecule has 3 aliphatic rings. The molecule has 3 aliphatic heterocycles. The highest BCUT2D eigenvalue weighted by Crippen LogP contribution is 2.45. The molecule has 3 N–H and O–H groups in total. The van der Waals surface area contributed by atoms with Crippen LogP contribution >= 0.6 is 34.9 Å². The molecule has 2 saturated heterocycles. The molecule has 0 aromatic carbocycles. The van der Waals surface area contributed by atoms with Crippen LogP contribution in [0, 0.1) is 5.41 Å². The first-order valence-corrected chi connectivity index (χ1v) is 14.8. The molecule has 14 nitrogen and oxygen atoms in total. The number of ether oxygens (including phenoxy) is 4. The van der Waals surface area contributed by atoms with Crippen LogP contribution in [0.1, 0.15) is 26.5 Å². The SMILES string of the molecule is CO/N=C(\C(=O)NC1C(=O)N2C(C(=O)OCOC(=O)C(C)(C)C)=C(SC3COCOC3)CSC12)c1csc(N)n1. The topological polar surface area (TPSA) is 181 Å². The van der Waals surface area contributed by atoms with Gasteiger partial charge < -0.3 is 34.8 Å². The highest BCUT2D eigenvalue weighted by Gasteiger charge is 2.55. The molecule has 40 heavy (non-hydrogen) atoms. The Balaban J connectivity index is 1.50. The fourth-order valence-electron chi connectivity index (χ4n) is 3.73. The summed E-state index contributed by atoms with van der Waals surface area (Å²) in [5.41, 5.74) is 4.98. The molecule has 0 saturated carbocycles. The number of nitrogens with one attached hydrogen (secondary N) is 1. The molecule has 4 heterocycles. The van der Waals surface area contributed by atoms with Crippen molar-refractivity contribution < 1.29 is 43.0 Å². The van der Waals surface area contributed by atoms with Gasteiger partial charge in [0.1, 0.15) is 36.7 Å². The summed E-state index contributed by atoms with van der Waals surface area (Å²) in [6, 6.07) is -0.954. The Hall–Kier alpha value is -2.86. The zero-order valence-electron chi connectivity index (χ0n) is 22.2. The Morgan fingerprint density at radius 2 is 2.00 bits per heavy atom. The zero-order chi connectivity index (χ0) is 29.0. The minimum absolute atomic E-state index is 0.0275. The standard InChI is InChI=1S/C23H29N5O9S3/c1-23(2,3)21(32)37-10-36-20(31)16-13(40-11-5-34-9-35-6-11)8-38-19-15(18(30)28(16)19)26-17(29)14(27-33-4)12-7-39-22(24)25-12/h7,11,15,19H,5-6,8-10H2,1-4H3,(H2,24,25)(H,26,29)/b27-14-.